The smallest absolute Gasteiger partial charge is 0.241 e. The third-order valence-corrected chi connectivity index (χ3v) is 6.46. The fraction of sp³-hybridized carbons (Fsp3) is 0.0526. The second-order valence-electron chi connectivity index (χ2n) is 6.34. The Morgan fingerprint density at radius 2 is 1.56 bits per heavy atom. The molecule has 0 fully saturated rings. The van der Waals surface area contributed by atoms with E-state index in [0.717, 1.165) is 0 Å². The molecule has 0 saturated heterocycles. The molecule has 3 aromatic rings. The molecule has 0 aliphatic rings. The van der Waals surface area contributed by atoms with E-state index in [9.17, 15) is 16.8 Å². The van der Waals surface area contributed by atoms with Crippen LogP contribution in [0.5, 0.6) is 0 Å². The normalized spacial score (nSPS) is 11.7. The van der Waals surface area contributed by atoms with E-state index in [0.29, 0.717) is 5.69 Å². The van der Waals surface area contributed by atoms with Gasteiger partial charge < -0.3 is 11.1 Å². The topological polar surface area (TPSA) is 170 Å². The summed E-state index contributed by atoms with van der Waals surface area (Å²) in [7, 11) is -7.68. The van der Waals surface area contributed by atoms with Crippen LogP contribution < -0.4 is 20.9 Å². The van der Waals surface area contributed by atoms with E-state index in [1.807, 2.05) is 0 Å². The molecule has 0 aliphatic heterocycles. The molecule has 0 bridgehead atoms. The van der Waals surface area contributed by atoms with Gasteiger partial charge in [-0.15, -0.1) is 6.42 Å². The van der Waals surface area contributed by atoms with Gasteiger partial charge in [0.15, 0.2) is 11.6 Å². The molecule has 10 nitrogen and oxygen atoms in total. The van der Waals surface area contributed by atoms with E-state index in [-0.39, 0.29) is 39.4 Å². The molecule has 0 unspecified atom stereocenters. The fourth-order valence-electron chi connectivity index (χ4n) is 2.62. The molecular formula is C19H17FN6O4S2. The zero-order chi connectivity index (χ0) is 23.5. The number of nitrogens with zero attached hydrogens (tertiary/aromatic N) is 2. The van der Waals surface area contributed by atoms with E-state index in [4.69, 9.17) is 17.3 Å². The molecule has 32 heavy (non-hydrogen) atoms. The van der Waals surface area contributed by atoms with Crippen molar-refractivity contribution < 1.29 is 21.2 Å². The maximum Gasteiger partial charge on any atom is 0.241 e. The molecular weight excluding hydrogens is 459 g/mol. The first-order valence-electron chi connectivity index (χ1n) is 8.78. The largest absolute Gasteiger partial charge is 0.368 e. The fourth-order valence-corrected chi connectivity index (χ4v) is 4.06. The van der Waals surface area contributed by atoms with E-state index >= 15 is 4.39 Å². The first kappa shape index (κ1) is 23.1. The van der Waals surface area contributed by atoms with Crippen LogP contribution in [0.4, 0.5) is 21.8 Å². The summed E-state index contributed by atoms with van der Waals surface area (Å²) in [6.45, 7) is -0.158. The molecule has 13 heteroatoms. The van der Waals surface area contributed by atoms with Crippen molar-refractivity contribution in [2.45, 2.75) is 9.79 Å². The van der Waals surface area contributed by atoms with Gasteiger partial charge in [0.1, 0.15) is 5.69 Å². The minimum Gasteiger partial charge on any atom is -0.368 e. The number of benzene rings is 2. The van der Waals surface area contributed by atoms with Crippen molar-refractivity contribution in [3.05, 3.63) is 54.3 Å². The summed E-state index contributed by atoms with van der Waals surface area (Å²) in [5.74, 6) is 0.821. The zero-order valence-corrected chi connectivity index (χ0v) is 17.9. The Balaban J connectivity index is 1.90. The molecule has 0 amide bonds. The molecule has 0 spiro atoms. The molecule has 0 aliphatic carbocycles. The van der Waals surface area contributed by atoms with Gasteiger partial charge in [-0.2, -0.15) is 9.71 Å². The number of sulfonamides is 2. The summed E-state index contributed by atoms with van der Waals surface area (Å²) in [6.07, 6.45) is 5.05. The van der Waals surface area contributed by atoms with Crippen molar-refractivity contribution >= 4 is 37.5 Å². The number of nitrogen functional groups attached to an aromatic ring is 1. The average Bonchev–Trinajstić information content (AvgIpc) is 2.74. The monoisotopic (exact) mass is 476 g/mol. The Labute approximate surface area is 184 Å². The highest BCUT2D eigenvalue weighted by atomic mass is 32.2. The molecule has 3 rings (SSSR count). The summed E-state index contributed by atoms with van der Waals surface area (Å²) in [4.78, 5) is 7.54. The Morgan fingerprint density at radius 1 is 0.969 bits per heavy atom. The minimum atomic E-state index is -3.91. The second-order valence-corrected chi connectivity index (χ2v) is 9.67. The molecule has 166 valence electrons. The maximum absolute atomic E-state index is 15.1. The van der Waals surface area contributed by atoms with Gasteiger partial charge in [-0.3, -0.25) is 0 Å². The Bertz CT molecular complexity index is 1400. The van der Waals surface area contributed by atoms with Crippen molar-refractivity contribution in [1.29, 1.82) is 0 Å². The van der Waals surface area contributed by atoms with E-state index in [2.05, 4.69) is 25.9 Å². The zero-order valence-electron chi connectivity index (χ0n) is 16.3. The third kappa shape index (κ3) is 5.18. The maximum atomic E-state index is 15.1. The Hall–Kier alpha value is -3.57. The summed E-state index contributed by atoms with van der Waals surface area (Å²) < 4.78 is 64.2. The van der Waals surface area contributed by atoms with Crippen LogP contribution in [0, 0.1) is 18.2 Å². The van der Waals surface area contributed by atoms with Crippen molar-refractivity contribution in [3.63, 3.8) is 0 Å². The second kappa shape index (κ2) is 8.89. The Kier molecular flexibility index (Phi) is 6.42. The summed E-state index contributed by atoms with van der Waals surface area (Å²) >= 11 is 0. The predicted octanol–water partition coefficient (Wildman–Crippen LogP) is 1.17. The van der Waals surface area contributed by atoms with Crippen molar-refractivity contribution in [3.8, 4) is 23.6 Å². The van der Waals surface area contributed by atoms with Crippen LogP contribution >= 0.6 is 0 Å². The molecule has 2 aromatic carbocycles. The SMILES string of the molecule is C#CCNS(=O)(=O)c1ccc(Nc2nc(N)nc(-c3ccc(S(N)(=O)=O)cc3)c2F)cc1. The predicted molar refractivity (Wildman–Crippen MR) is 117 cm³/mol. The summed E-state index contributed by atoms with van der Waals surface area (Å²) in [5, 5.41) is 7.77. The van der Waals surface area contributed by atoms with Crippen LogP contribution in [0.3, 0.4) is 0 Å². The van der Waals surface area contributed by atoms with E-state index in [1.54, 1.807) is 0 Å². The lowest BCUT2D eigenvalue weighted by molar-refractivity contribution is 0.586. The minimum absolute atomic E-state index is 0.0309. The lowest BCUT2D eigenvalue weighted by atomic mass is 10.1. The first-order chi connectivity index (χ1) is 15.0. The number of terminal acetylenes is 1. The molecule has 0 saturated carbocycles. The van der Waals surface area contributed by atoms with Crippen molar-refractivity contribution in [1.82, 2.24) is 14.7 Å². The number of primary sulfonamides is 1. The number of halogens is 1. The van der Waals surface area contributed by atoms with Gasteiger partial charge in [0.2, 0.25) is 26.0 Å². The third-order valence-electron chi connectivity index (χ3n) is 4.12. The number of aromatic nitrogens is 2. The first-order valence-corrected chi connectivity index (χ1v) is 11.8. The highest BCUT2D eigenvalue weighted by Gasteiger charge is 2.17. The van der Waals surface area contributed by atoms with Crippen molar-refractivity contribution in [2.24, 2.45) is 5.14 Å². The summed E-state index contributed by atoms with van der Waals surface area (Å²) in [6, 6.07) is 10.5. The number of anilines is 3. The van der Waals surface area contributed by atoms with Gasteiger partial charge in [0, 0.05) is 11.3 Å². The van der Waals surface area contributed by atoms with E-state index in [1.165, 1.54) is 48.5 Å². The number of nitrogens with one attached hydrogen (secondary N) is 2. The quantitative estimate of drug-likeness (QED) is 0.368. The highest BCUT2D eigenvalue weighted by Crippen LogP contribution is 2.28. The van der Waals surface area contributed by atoms with Gasteiger partial charge in [0.25, 0.3) is 0 Å². The van der Waals surface area contributed by atoms with Crippen LogP contribution in [0.2, 0.25) is 0 Å². The Morgan fingerprint density at radius 3 is 2.12 bits per heavy atom. The van der Waals surface area contributed by atoms with Crippen LogP contribution in [-0.2, 0) is 20.0 Å². The molecule has 0 radical (unpaired) electrons. The van der Waals surface area contributed by atoms with Crippen LogP contribution in [-0.4, -0.2) is 33.3 Å². The molecule has 6 N–H and O–H groups in total. The lowest BCUT2D eigenvalue weighted by Gasteiger charge is -2.11. The standard InChI is InChI=1S/C19H17FN6O4S2/c1-2-11-23-32(29,30)15-9-5-13(6-10-15)24-18-16(20)17(25-19(21)26-18)12-3-7-14(8-4-12)31(22,27)28/h1,3-10,23H,11H2,(H2,22,27,28)(H3,21,24,25,26). The van der Waals surface area contributed by atoms with Crippen LogP contribution in [0.1, 0.15) is 0 Å². The van der Waals surface area contributed by atoms with Gasteiger partial charge in [-0.1, -0.05) is 18.1 Å². The van der Waals surface area contributed by atoms with E-state index < -0.39 is 25.9 Å². The molecule has 1 aromatic heterocycles. The van der Waals surface area contributed by atoms with Crippen LogP contribution in [0.25, 0.3) is 11.3 Å². The van der Waals surface area contributed by atoms with Crippen molar-refractivity contribution in [2.75, 3.05) is 17.6 Å². The number of hydrogen-bond acceptors (Lipinski definition) is 8. The van der Waals surface area contributed by atoms with Gasteiger partial charge >= 0.3 is 0 Å². The summed E-state index contributed by atoms with van der Waals surface area (Å²) in [5.41, 5.74) is 6.10. The number of hydrogen-bond donors (Lipinski definition) is 4. The number of nitrogens with two attached hydrogens (primary N) is 2. The lowest BCUT2D eigenvalue weighted by Crippen LogP contribution is -2.23. The van der Waals surface area contributed by atoms with Gasteiger partial charge in [-0.05, 0) is 36.4 Å². The van der Waals surface area contributed by atoms with Gasteiger partial charge in [0.05, 0.1) is 16.3 Å². The van der Waals surface area contributed by atoms with Crippen LogP contribution in [0.15, 0.2) is 58.3 Å². The molecule has 0 atom stereocenters. The highest BCUT2D eigenvalue weighted by molar-refractivity contribution is 7.89. The average molecular weight is 477 g/mol. The number of rotatable bonds is 7. The van der Waals surface area contributed by atoms with Gasteiger partial charge in [-0.25, -0.2) is 31.3 Å². The molecule has 1 heterocycles.